The Morgan fingerprint density at radius 1 is 1.23 bits per heavy atom. The lowest BCUT2D eigenvalue weighted by atomic mass is 10.1. The Morgan fingerprint density at radius 2 is 2.00 bits per heavy atom. The SMILES string of the molecule is CC(=O)c1ccc(N2C[C@H](c3ccccc3)OC[C@@H]2C)nc1. The zero-order valence-corrected chi connectivity index (χ0v) is 12.9. The molecule has 1 fully saturated rings. The number of benzene rings is 1. The molecule has 0 aliphatic carbocycles. The minimum absolute atomic E-state index is 0.0382. The average Bonchev–Trinajstić information content (AvgIpc) is 2.56. The number of ether oxygens (including phenoxy) is 1. The molecular formula is C18H20N2O2. The van der Waals surface area contributed by atoms with Gasteiger partial charge in [0.15, 0.2) is 5.78 Å². The van der Waals surface area contributed by atoms with Gasteiger partial charge in [-0.3, -0.25) is 4.79 Å². The first-order valence-corrected chi connectivity index (χ1v) is 7.55. The number of anilines is 1. The number of pyridine rings is 1. The van der Waals surface area contributed by atoms with Crippen molar-refractivity contribution in [3.05, 3.63) is 59.8 Å². The number of ketones is 1. The molecule has 0 radical (unpaired) electrons. The van der Waals surface area contributed by atoms with E-state index >= 15 is 0 Å². The number of aromatic nitrogens is 1. The Labute approximate surface area is 130 Å². The standard InChI is InChI=1S/C18H20N2O2/c1-13-12-22-17(15-6-4-3-5-7-15)11-20(13)18-9-8-16(10-19-18)14(2)21/h3-10,13,17H,11-12H2,1-2H3/t13-,17+/m0/s1. The van der Waals surface area contributed by atoms with Crippen molar-refractivity contribution >= 4 is 11.6 Å². The number of carbonyl (C=O) groups excluding carboxylic acids is 1. The van der Waals surface area contributed by atoms with Crippen LogP contribution in [0.15, 0.2) is 48.7 Å². The summed E-state index contributed by atoms with van der Waals surface area (Å²) in [5, 5.41) is 0. The van der Waals surface area contributed by atoms with E-state index in [4.69, 9.17) is 4.74 Å². The number of nitrogens with zero attached hydrogens (tertiary/aromatic N) is 2. The van der Waals surface area contributed by atoms with Crippen molar-refractivity contribution in [1.82, 2.24) is 4.98 Å². The lowest BCUT2D eigenvalue weighted by Crippen LogP contribution is -2.45. The second-order valence-electron chi connectivity index (χ2n) is 5.70. The maximum atomic E-state index is 11.4. The Kier molecular flexibility index (Phi) is 4.20. The van der Waals surface area contributed by atoms with Gasteiger partial charge in [0.1, 0.15) is 11.9 Å². The Bertz CT molecular complexity index is 640. The fraction of sp³-hybridized carbons (Fsp3) is 0.333. The lowest BCUT2D eigenvalue weighted by Gasteiger charge is -2.39. The van der Waals surface area contributed by atoms with E-state index in [-0.39, 0.29) is 17.9 Å². The molecule has 0 amide bonds. The van der Waals surface area contributed by atoms with Crippen molar-refractivity contribution in [3.8, 4) is 0 Å². The minimum atomic E-state index is 0.0382. The van der Waals surface area contributed by atoms with Crippen LogP contribution >= 0.6 is 0 Å². The van der Waals surface area contributed by atoms with Gasteiger partial charge in [0.05, 0.1) is 19.2 Å². The van der Waals surface area contributed by atoms with E-state index in [0.717, 1.165) is 12.4 Å². The van der Waals surface area contributed by atoms with Gasteiger partial charge < -0.3 is 9.64 Å². The molecular weight excluding hydrogens is 276 g/mol. The predicted molar refractivity (Wildman–Crippen MR) is 86.2 cm³/mol. The molecule has 1 saturated heterocycles. The molecule has 1 aromatic carbocycles. The number of carbonyl (C=O) groups is 1. The summed E-state index contributed by atoms with van der Waals surface area (Å²) in [6, 6.07) is 14.3. The van der Waals surface area contributed by atoms with Gasteiger partial charge in [-0.25, -0.2) is 4.98 Å². The molecule has 0 bridgehead atoms. The first kappa shape index (κ1) is 14.7. The van der Waals surface area contributed by atoms with Crippen LogP contribution in [0.2, 0.25) is 0 Å². The van der Waals surface area contributed by atoms with Crippen LogP contribution in [0.1, 0.15) is 35.9 Å². The molecule has 0 N–H and O–H groups in total. The molecule has 0 saturated carbocycles. The summed E-state index contributed by atoms with van der Waals surface area (Å²) in [5.41, 5.74) is 1.82. The average molecular weight is 296 g/mol. The summed E-state index contributed by atoms with van der Waals surface area (Å²) >= 11 is 0. The fourth-order valence-corrected chi connectivity index (χ4v) is 2.71. The number of morpholine rings is 1. The molecule has 2 atom stereocenters. The van der Waals surface area contributed by atoms with Crippen LogP contribution in [0.25, 0.3) is 0 Å². The fourth-order valence-electron chi connectivity index (χ4n) is 2.71. The van der Waals surface area contributed by atoms with Gasteiger partial charge in [-0.15, -0.1) is 0 Å². The minimum Gasteiger partial charge on any atom is -0.370 e. The van der Waals surface area contributed by atoms with E-state index in [0.29, 0.717) is 12.2 Å². The third-order valence-electron chi connectivity index (χ3n) is 4.05. The molecule has 114 valence electrons. The highest BCUT2D eigenvalue weighted by atomic mass is 16.5. The first-order valence-electron chi connectivity index (χ1n) is 7.55. The van der Waals surface area contributed by atoms with Gasteiger partial charge in [-0.05, 0) is 31.5 Å². The van der Waals surface area contributed by atoms with E-state index in [1.165, 1.54) is 5.56 Å². The summed E-state index contributed by atoms with van der Waals surface area (Å²) < 4.78 is 5.97. The largest absolute Gasteiger partial charge is 0.370 e. The zero-order valence-electron chi connectivity index (χ0n) is 12.9. The predicted octanol–water partition coefficient (Wildman–Crippen LogP) is 3.25. The van der Waals surface area contributed by atoms with Gasteiger partial charge in [0.25, 0.3) is 0 Å². The molecule has 0 unspecified atom stereocenters. The van der Waals surface area contributed by atoms with Crippen LogP contribution in [0.5, 0.6) is 0 Å². The van der Waals surface area contributed by atoms with Crippen LogP contribution in [0.4, 0.5) is 5.82 Å². The Morgan fingerprint density at radius 3 is 2.64 bits per heavy atom. The molecule has 22 heavy (non-hydrogen) atoms. The van der Waals surface area contributed by atoms with Crippen molar-refractivity contribution in [2.45, 2.75) is 26.0 Å². The monoisotopic (exact) mass is 296 g/mol. The van der Waals surface area contributed by atoms with Crippen LogP contribution in [0.3, 0.4) is 0 Å². The Hall–Kier alpha value is -2.20. The normalized spacial score (nSPS) is 21.6. The number of Topliss-reactive ketones (excluding diaryl/α,β-unsaturated/α-hetero) is 1. The summed E-state index contributed by atoms with van der Waals surface area (Å²) in [6.07, 6.45) is 1.70. The third kappa shape index (κ3) is 3.02. The van der Waals surface area contributed by atoms with E-state index < -0.39 is 0 Å². The number of rotatable bonds is 3. The Balaban J connectivity index is 1.81. The molecule has 1 aliphatic rings. The van der Waals surface area contributed by atoms with Gasteiger partial charge >= 0.3 is 0 Å². The van der Waals surface area contributed by atoms with Crippen LogP contribution in [-0.2, 0) is 4.74 Å². The van der Waals surface area contributed by atoms with Gasteiger partial charge in [0.2, 0.25) is 0 Å². The van der Waals surface area contributed by atoms with Gasteiger partial charge in [-0.1, -0.05) is 30.3 Å². The summed E-state index contributed by atoms with van der Waals surface area (Å²) in [7, 11) is 0. The molecule has 2 heterocycles. The smallest absolute Gasteiger partial charge is 0.161 e. The lowest BCUT2D eigenvalue weighted by molar-refractivity contribution is 0.0212. The van der Waals surface area contributed by atoms with Crippen LogP contribution in [0, 0.1) is 0 Å². The summed E-state index contributed by atoms with van der Waals surface area (Å²) in [6.45, 7) is 5.11. The van der Waals surface area contributed by atoms with E-state index in [2.05, 4.69) is 28.9 Å². The maximum Gasteiger partial charge on any atom is 0.161 e. The topological polar surface area (TPSA) is 42.4 Å². The molecule has 1 aliphatic heterocycles. The summed E-state index contributed by atoms with van der Waals surface area (Å²) in [5.74, 6) is 0.929. The van der Waals surface area contributed by atoms with Crippen molar-refractivity contribution in [1.29, 1.82) is 0 Å². The van der Waals surface area contributed by atoms with E-state index in [9.17, 15) is 4.79 Å². The second kappa shape index (κ2) is 6.28. The number of hydrogen-bond donors (Lipinski definition) is 0. The highest BCUT2D eigenvalue weighted by Crippen LogP contribution is 2.27. The first-order chi connectivity index (χ1) is 10.6. The molecule has 1 aromatic heterocycles. The van der Waals surface area contributed by atoms with Crippen LogP contribution in [-0.4, -0.2) is 30.0 Å². The van der Waals surface area contributed by atoms with Crippen molar-refractivity contribution in [2.75, 3.05) is 18.1 Å². The maximum absolute atomic E-state index is 11.4. The molecule has 4 nitrogen and oxygen atoms in total. The molecule has 0 spiro atoms. The van der Waals surface area contributed by atoms with E-state index in [1.807, 2.05) is 30.3 Å². The molecule has 3 rings (SSSR count). The molecule has 4 heteroatoms. The second-order valence-corrected chi connectivity index (χ2v) is 5.70. The van der Waals surface area contributed by atoms with Crippen molar-refractivity contribution in [2.24, 2.45) is 0 Å². The quantitative estimate of drug-likeness (QED) is 0.815. The highest BCUT2D eigenvalue weighted by Gasteiger charge is 2.27. The number of hydrogen-bond acceptors (Lipinski definition) is 4. The van der Waals surface area contributed by atoms with E-state index in [1.54, 1.807) is 13.1 Å². The highest BCUT2D eigenvalue weighted by molar-refractivity contribution is 5.93. The zero-order chi connectivity index (χ0) is 15.5. The van der Waals surface area contributed by atoms with Crippen molar-refractivity contribution in [3.63, 3.8) is 0 Å². The van der Waals surface area contributed by atoms with Crippen LogP contribution < -0.4 is 4.90 Å². The third-order valence-corrected chi connectivity index (χ3v) is 4.05. The summed E-state index contributed by atoms with van der Waals surface area (Å²) in [4.78, 5) is 18.1. The molecule has 2 aromatic rings. The van der Waals surface area contributed by atoms with Gasteiger partial charge in [0, 0.05) is 11.8 Å². The van der Waals surface area contributed by atoms with Crippen molar-refractivity contribution < 1.29 is 9.53 Å². The van der Waals surface area contributed by atoms with Gasteiger partial charge in [-0.2, -0.15) is 0 Å².